The van der Waals surface area contributed by atoms with Crippen molar-refractivity contribution >= 4 is 14.0 Å². The van der Waals surface area contributed by atoms with Crippen LogP contribution in [0, 0.1) is 0 Å². The lowest BCUT2D eigenvalue weighted by molar-refractivity contribution is 0.0872. The lowest BCUT2D eigenvalue weighted by Gasteiger charge is -2.29. The van der Waals surface area contributed by atoms with Crippen molar-refractivity contribution in [3.63, 3.8) is 0 Å². The van der Waals surface area contributed by atoms with Crippen molar-refractivity contribution in [1.29, 1.82) is 0 Å². The average molecular weight is 278 g/mol. The Morgan fingerprint density at radius 1 is 1.00 bits per heavy atom. The Morgan fingerprint density at radius 2 is 1.47 bits per heavy atom. The maximum absolute atomic E-state index is 5.87. The summed E-state index contributed by atoms with van der Waals surface area (Å²) in [6, 6.07) is 9.89. The minimum absolute atomic E-state index is 0.532. The Hall–Kier alpha value is -1.16. The molecule has 0 heterocycles. The van der Waals surface area contributed by atoms with Crippen molar-refractivity contribution in [3.8, 4) is 0 Å². The van der Waals surface area contributed by atoms with Crippen molar-refractivity contribution in [2.75, 3.05) is 19.8 Å². The van der Waals surface area contributed by atoms with Crippen molar-refractivity contribution in [1.82, 2.24) is 0 Å². The highest BCUT2D eigenvalue weighted by Crippen LogP contribution is 2.28. The number of hydrogen-bond acceptors (Lipinski definition) is 3. The molecule has 4 heteroatoms. The highest BCUT2D eigenvalue weighted by molar-refractivity contribution is 6.81. The number of hydrogen-bond donors (Lipinski definition) is 0. The zero-order valence-corrected chi connectivity index (χ0v) is 12.9. The van der Waals surface area contributed by atoms with Gasteiger partial charge in [-0.15, -0.1) is 5.73 Å². The molecular weight excluding hydrogens is 256 g/mol. The Balaban J connectivity index is 3.23. The standard InChI is InChI=1S/C15H22O3Si/c1-5-15(14-12-10-9-11-13-14)19(16-6-2,17-7-3)18-8-4/h9-13H,1,6-8H2,2-4H3. The average Bonchev–Trinajstić information content (AvgIpc) is 2.41. The Labute approximate surface area is 116 Å². The Morgan fingerprint density at radius 3 is 1.84 bits per heavy atom. The van der Waals surface area contributed by atoms with Crippen LogP contribution in [0.5, 0.6) is 0 Å². The van der Waals surface area contributed by atoms with E-state index in [1.807, 2.05) is 51.1 Å². The fourth-order valence-corrected chi connectivity index (χ4v) is 4.46. The van der Waals surface area contributed by atoms with Gasteiger partial charge in [-0.2, -0.15) is 0 Å². The summed E-state index contributed by atoms with van der Waals surface area (Å²) in [6.45, 7) is 11.2. The molecule has 0 spiro atoms. The van der Waals surface area contributed by atoms with Gasteiger partial charge in [0.1, 0.15) is 0 Å². The first-order valence-corrected chi connectivity index (χ1v) is 8.34. The van der Waals surface area contributed by atoms with Crippen LogP contribution in [0.15, 0.2) is 42.6 Å². The zero-order chi connectivity index (χ0) is 14.1. The second-order valence-electron chi connectivity index (χ2n) is 3.77. The van der Waals surface area contributed by atoms with Crippen LogP contribution < -0.4 is 0 Å². The van der Waals surface area contributed by atoms with Crippen molar-refractivity contribution < 1.29 is 13.3 Å². The summed E-state index contributed by atoms with van der Waals surface area (Å²) in [4.78, 5) is 0. The molecule has 3 nitrogen and oxygen atoms in total. The number of rotatable bonds is 8. The molecule has 0 aliphatic rings. The van der Waals surface area contributed by atoms with Gasteiger partial charge in [0.15, 0.2) is 0 Å². The van der Waals surface area contributed by atoms with Gasteiger partial charge >= 0.3 is 8.80 Å². The van der Waals surface area contributed by atoms with Crippen molar-refractivity contribution in [2.45, 2.75) is 20.8 Å². The molecule has 0 radical (unpaired) electrons. The lowest BCUT2D eigenvalue weighted by Crippen LogP contribution is -2.47. The van der Waals surface area contributed by atoms with Crippen molar-refractivity contribution in [3.05, 3.63) is 48.2 Å². The molecule has 0 saturated heterocycles. The summed E-state index contributed by atoms with van der Waals surface area (Å²) in [5.41, 5.74) is 3.95. The molecule has 1 aromatic carbocycles. The maximum atomic E-state index is 5.87. The van der Waals surface area contributed by atoms with Crippen LogP contribution in [0.25, 0.3) is 5.20 Å². The summed E-state index contributed by atoms with van der Waals surface area (Å²) < 4.78 is 17.6. The smallest absolute Gasteiger partial charge is 0.370 e. The van der Waals surface area contributed by atoms with Gasteiger partial charge in [-0.3, -0.25) is 0 Å². The van der Waals surface area contributed by atoms with Gasteiger partial charge in [0, 0.05) is 19.8 Å². The zero-order valence-electron chi connectivity index (χ0n) is 11.9. The second-order valence-corrected chi connectivity index (χ2v) is 6.25. The summed E-state index contributed by atoms with van der Waals surface area (Å²) >= 11 is 0. The van der Waals surface area contributed by atoms with E-state index in [1.54, 1.807) is 0 Å². The summed E-state index contributed by atoms with van der Waals surface area (Å²) in [7, 11) is -2.92. The molecule has 0 atom stereocenters. The Bertz CT molecular complexity index is 407. The summed E-state index contributed by atoms with van der Waals surface area (Å²) in [5, 5.41) is 0.804. The van der Waals surface area contributed by atoms with Crippen molar-refractivity contribution in [2.24, 2.45) is 0 Å². The third-order valence-electron chi connectivity index (χ3n) is 2.55. The molecular formula is C15H22O3Si. The summed E-state index contributed by atoms with van der Waals surface area (Å²) in [6.07, 6.45) is 0. The van der Waals surface area contributed by atoms with E-state index in [0.29, 0.717) is 19.8 Å². The molecule has 104 valence electrons. The van der Waals surface area contributed by atoms with E-state index >= 15 is 0 Å². The molecule has 0 bridgehead atoms. The van der Waals surface area contributed by atoms with Gasteiger partial charge in [-0.1, -0.05) is 36.9 Å². The normalized spacial score (nSPS) is 11.1. The van der Waals surface area contributed by atoms with Gasteiger partial charge in [0.05, 0.1) is 5.20 Å². The lowest BCUT2D eigenvalue weighted by atomic mass is 10.2. The molecule has 1 rings (SSSR count). The van der Waals surface area contributed by atoms with E-state index in [9.17, 15) is 0 Å². The van der Waals surface area contributed by atoms with Crippen LogP contribution in [0.3, 0.4) is 0 Å². The minimum Gasteiger partial charge on any atom is -0.370 e. The molecule has 0 saturated carbocycles. The van der Waals surface area contributed by atoms with E-state index in [1.165, 1.54) is 0 Å². The van der Waals surface area contributed by atoms with Crippen LogP contribution >= 0.6 is 0 Å². The molecule has 0 N–H and O–H groups in total. The Kier molecular flexibility index (Phi) is 6.77. The fraction of sp³-hybridized carbons (Fsp3) is 0.400. The van der Waals surface area contributed by atoms with Crippen LogP contribution in [0.4, 0.5) is 0 Å². The quantitative estimate of drug-likeness (QED) is 0.538. The van der Waals surface area contributed by atoms with Crippen LogP contribution in [-0.4, -0.2) is 28.6 Å². The van der Waals surface area contributed by atoms with Gasteiger partial charge in [-0.25, -0.2) is 0 Å². The monoisotopic (exact) mass is 278 g/mol. The molecule has 0 aliphatic carbocycles. The fourth-order valence-electron chi connectivity index (χ4n) is 1.90. The molecule has 1 aromatic rings. The predicted molar refractivity (Wildman–Crippen MR) is 79.6 cm³/mol. The third-order valence-corrected chi connectivity index (χ3v) is 5.63. The third kappa shape index (κ3) is 3.90. The van der Waals surface area contributed by atoms with E-state index in [-0.39, 0.29) is 0 Å². The largest absolute Gasteiger partial charge is 0.545 e. The van der Waals surface area contributed by atoms with E-state index in [4.69, 9.17) is 13.3 Å². The maximum Gasteiger partial charge on any atom is 0.545 e. The molecule has 0 aromatic heterocycles. The van der Waals surface area contributed by atoms with Gasteiger partial charge in [0.2, 0.25) is 0 Å². The first kappa shape index (κ1) is 15.9. The predicted octanol–water partition coefficient (Wildman–Crippen LogP) is 3.44. The number of benzene rings is 1. The minimum atomic E-state index is -2.92. The van der Waals surface area contributed by atoms with Gasteiger partial charge in [0.25, 0.3) is 0 Å². The van der Waals surface area contributed by atoms with E-state index < -0.39 is 8.80 Å². The molecule has 0 aliphatic heterocycles. The first-order chi connectivity index (χ1) is 9.24. The first-order valence-electron chi connectivity index (χ1n) is 6.61. The molecule has 19 heavy (non-hydrogen) atoms. The SMILES string of the molecule is C=C=C(c1ccccc1)[Si](OCC)(OCC)OCC. The van der Waals surface area contributed by atoms with Gasteiger partial charge < -0.3 is 13.3 Å². The van der Waals surface area contributed by atoms with Gasteiger partial charge in [-0.05, 0) is 26.3 Å². The molecule has 0 unspecified atom stereocenters. The van der Waals surface area contributed by atoms with Crippen LogP contribution in [0.2, 0.25) is 0 Å². The summed E-state index contributed by atoms with van der Waals surface area (Å²) in [5.74, 6) is 0. The van der Waals surface area contributed by atoms with E-state index in [0.717, 1.165) is 10.8 Å². The van der Waals surface area contributed by atoms with E-state index in [2.05, 4.69) is 12.3 Å². The van der Waals surface area contributed by atoms with Crippen LogP contribution in [0.1, 0.15) is 26.3 Å². The highest BCUT2D eigenvalue weighted by atomic mass is 28.4. The second kappa shape index (κ2) is 8.10. The molecule has 0 amide bonds. The topological polar surface area (TPSA) is 27.7 Å². The molecule has 0 fully saturated rings. The highest BCUT2D eigenvalue weighted by Gasteiger charge is 2.46. The van der Waals surface area contributed by atoms with Crippen LogP contribution in [-0.2, 0) is 13.3 Å².